The zero-order chi connectivity index (χ0) is 24.7. The Bertz CT molecular complexity index is 1080. The van der Waals surface area contributed by atoms with Crippen LogP contribution >= 0.6 is 21.2 Å². The standard InChI is InChI=1S/C22H26N3O7PS/c1-9-16-15(10(2)26)20(28)25(16)17(22(31)32-33)18(9)34-13-7-14(23-8-13)19(27)24-12-5-3-4-11(6-12)21(29)30/h3-6,9-10,13-16,23,26H,7-8,33H2,1-2H3,(H,24,27)(H,29,30)/p-1/t9?,10?,13?,14-,15?,16?/m0/s1. The minimum absolute atomic E-state index is 0.0315. The maximum Gasteiger partial charge on any atom is 0.358 e. The van der Waals surface area contributed by atoms with Gasteiger partial charge in [-0.2, -0.15) is 0 Å². The van der Waals surface area contributed by atoms with E-state index in [4.69, 9.17) is 4.52 Å². The third kappa shape index (κ3) is 4.33. The van der Waals surface area contributed by atoms with Crippen LogP contribution in [-0.4, -0.2) is 63.7 Å². The number of nitrogens with one attached hydrogen (secondary N) is 2. The van der Waals surface area contributed by atoms with Crippen molar-refractivity contribution in [2.45, 2.75) is 43.7 Å². The van der Waals surface area contributed by atoms with Crippen LogP contribution in [-0.2, 0) is 18.9 Å². The Hall–Kier alpha value is -2.46. The van der Waals surface area contributed by atoms with Crippen molar-refractivity contribution in [3.8, 4) is 0 Å². The molecular weight excluding hydrogens is 481 g/mol. The summed E-state index contributed by atoms with van der Waals surface area (Å²) in [6.45, 7) is 3.99. The Kier molecular flexibility index (Phi) is 7.00. The number of thioether (sulfide) groups is 1. The van der Waals surface area contributed by atoms with E-state index < -0.39 is 30.0 Å². The molecule has 4 rings (SSSR count). The molecule has 0 spiro atoms. The van der Waals surface area contributed by atoms with Crippen molar-refractivity contribution < 1.29 is 33.9 Å². The molecule has 12 heteroatoms. The predicted molar refractivity (Wildman–Crippen MR) is 125 cm³/mol. The summed E-state index contributed by atoms with van der Waals surface area (Å²) in [6.07, 6.45) is -0.361. The first-order chi connectivity index (χ1) is 16.1. The number of aromatic carboxylic acids is 1. The zero-order valence-corrected chi connectivity index (χ0v) is 20.5. The number of aliphatic hydroxyl groups excluding tert-OH is 1. The molecule has 2 amide bonds. The van der Waals surface area contributed by atoms with Gasteiger partial charge < -0.3 is 35.1 Å². The molecule has 3 heterocycles. The lowest BCUT2D eigenvalue weighted by molar-refractivity contribution is -0.255. The van der Waals surface area contributed by atoms with Gasteiger partial charge in [0.1, 0.15) is 5.70 Å². The second-order valence-corrected chi connectivity index (χ2v) is 10.2. The van der Waals surface area contributed by atoms with Crippen LogP contribution in [0, 0.1) is 11.8 Å². The molecule has 7 atom stereocenters. The number of anilines is 1. The number of nitrogens with zero attached hydrogens (tertiary/aromatic N) is 1. The number of amides is 2. The smallest absolute Gasteiger partial charge is 0.358 e. The van der Waals surface area contributed by atoms with E-state index in [1.54, 1.807) is 13.0 Å². The van der Waals surface area contributed by atoms with Crippen LogP contribution in [0.5, 0.6) is 0 Å². The average molecular weight is 506 g/mol. The van der Waals surface area contributed by atoms with Crippen molar-refractivity contribution >= 4 is 50.7 Å². The number of benzene rings is 1. The van der Waals surface area contributed by atoms with E-state index in [1.807, 2.05) is 16.4 Å². The van der Waals surface area contributed by atoms with Gasteiger partial charge >= 0.3 is 5.97 Å². The molecule has 182 valence electrons. The van der Waals surface area contributed by atoms with Gasteiger partial charge in [-0.15, -0.1) is 11.8 Å². The SMILES string of the molecule is CC(O)C1C(=O)N2C(C(=O)OP)=C(SC3CN[C@H](C(=O)Nc4cccc(C(=O)[O-])c4)C3)C(C)C12. The molecule has 3 aliphatic heterocycles. The lowest BCUT2D eigenvalue weighted by Gasteiger charge is -2.46. The van der Waals surface area contributed by atoms with Crippen molar-refractivity contribution in [1.82, 2.24) is 10.2 Å². The number of fused-ring (bicyclic) bond motifs is 1. The molecule has 2 saturated heterocycles. The van der Waals surface area contributed by atoms with Crippen molar-refractivity contribution in [3.63, 3.8) is 0 Å². The fourth-order valence-corrected chi connectivity index (χ4v) is 6.44. The van der Waals surface area contributed by atoms with Crippen LogP contribution in [0.15, 0.2) is 34.9 Å². The summed E-state index contributed by atoms with van der Waals surface area (Å²) in [5.41, 5.74) is 0.525. The number of carboxylic acids is 1. The largest absolute Gasteiger partial charge is 0.545 e. The molecular formula is C22H25N3O7PS-. The van der Waals surface area contributed by atoms with E-state index in [9.17, 15) is 29.4 Å². The summed E-state index contributed by atoms with van der Waals surface area (Å²) in [5, 5.41) is 26.9. The molecule has 0 saturated carbocycles. The summed E-state index contributed by atoms with van der Waals surface area (Å²) in [6, 6.07) is 5.01. The second kappa shape index (κ2) is 9.65. The van der Waals surface area contributed by atoms with Crippen LogP contribution < -0.4 is 15.7 Å². The van der Waals surface area contributed by atoms with Crippen LogP contribution in [0.1, 0.15) is 30.6 Å². The number of carbonyl (C=O) groups is 4. The molecule has 6 unspecified atom stereocenters. The summed E-state index contributed by atoms with van der Waals surface area (Å²) in [4.78, 5) is 51.0. The number of carboxylic acid groups (broad SMARTS) is 1. The molecule has 0 radical (unpaired) electrons. The van der Waals surface area contributed by atoms with E-state index in [0.717, 1.165) is 0 Å². The van der Waals surface area contributed by atoms with Crippen LogP contribution in [0.2, 0.25) is 0 Å². The lowest BCUT2D eigenvalue weighted by atomic mass is 9.79. The predicted octanol–water partition coefficient (Wildman–Crippen LogP) is -0.145. The Morgan fingerprint density at radius 2 is 2.12 bits per heavy atom. The average Bonchev–Trinajstić information content (AvgIpc) is 3.35. The van der Waals surface area contributed by atoms with Gasteiger partial charge in [-0.05, 0) is 31.0 Å². The van der Waals surface area contributed by atoms with Gasteiger partial charge in [-0.25, -0.2) is 4.79 Å². The lowest BCUT2D eigenvalue weighted by Crippen LogP contribution is -2.63. The molecule has 34 heavy (non-hydrogen) atoms. The first-order valence-electron chi connectivity index (χ1n) is 10.8. The highest BCUT2D eigenvalue weighted by atomic mass is 32.2. The van der Waals surface area contributed by atoms with Gasteiger partial charge in [-0.3, -0.25) is 9.59 Å². The van der Waals surface area contributed by atoms with Gasteiger partial charge in [0.2, 0.25) is 11.8 Å². The van der Waals surface area contributed by atoms with Gasteiger partial charge in [0.15, 0.2) is 0 Å². The van der Waals surface area contributed by atoms with Gasteiger partial charge in [0.05, 0.1) is 39.5 Å². The van der Waals surface area contributed by atoms with E-state index in [0.29, 0.717) is 23.6 Å². The van der Waals surface area contributed by atoms with Gasteiger partial charge in [-0.1, -0.05) is 19.1 Å². The molecule has 2 fully saturated rings. The summed E-state index contributed by atoms with van der Waals surface area (Å²) < 4.78 is 4.85. The van der Waals surface area contributed by atoms with E-state index in [2.05, 4.69) is 10.6 Å². The fraction of sp³-hybridized carbons (Fsp3) is 0.455. The van der Waals surface area contributed by atoms with Gasteiger partial charge in [0, 0.05) is 28.3 Å². The highest BCUT2D eigenvalue weighted by Gasteiger charge is 2.60. The van der Waals surface area contributed by atoms with Crippen molar-refractivity contribution in [1.29, 1.82) is 0 Å². The second-order valence-electron chi connectivity index (χ2n) is 8.67. The summed E-state index contributed by atoms with van der Waals surface area (Å²) in [5.74, 6) is -3.30. The number of aliphatic hydroxyl groups is 1. The number of hydrogen-bond acceptors (Lipinski definition) is 9. The molecule has 0 aliphatic carbocycles. The van der Waals surface area contributed by atoms with Crippen molar-refractivity contribution in [3.05, 3.63) is 40.4 Å². The van der Waals surface area contributed by atoms with Gasteiger partial charge in [0.25, 0.3) is 0 Å². The molecule has 1 aromatic carbocycles. The molecule has 10 nitrogen and oxygen atoms in total. The minimum Gasteiger partial charge on any atom is -0.545 e. The van der Waals surface area contributed by atoms with Crippen LogP contribution in [0.25, 0.3) is 0 Å². The van der Waals surface area contributed by atoms with Crippen LogP contribution in [0.4, 0.5) is 5.69 Å². The summed E-state index contributed by atoms with van der Waals surface area (Å²) in [7, 11) is 1.91. The van der Waals surface area contributed by atoms with E-state index in [-0.39, 0.29) is 40.3 Å². The highest BCUT2D eigenvalue weighted by Crippen LogP contribution is 2.52. The van der Waals surface area contributed by atoms with Crippen molar-refractivity contribution in [2.75, 3.05) is 11.9 Å². The molecule has 3 N–H and O–H groups in total. The Balaban J connectivity index is 1.45. The quantitative estimate of drug-likeness (QED) is 0.339. The number of β-lactam (4-membered cyclic amide) rings is 1. The summed E-state index contributed by atoms with van der Waals surface area (Å²) >= 11 is 1.44. The maximum atomic E-state index is 12.7. The fourth-order valence-electron chi connectivity index (χ4n) is 4.85. The van der Waals surface area contributed by atoms with Crippen molar-refractivity contribution in [2.24, 2.45) is 11.8 Å². The molecule has 1 aromatic rings. The van der Waals surface area contributed by atoms with E-state index >= 15 is 0 Å². The maximum absolute atomic E-state index is 12.7. The van der Waals surface area contributed by atoms with Crippen LogP contribution in [0.3, 0.4) is 0 Å². The normalized spacial score (nSPS) is 28.9. The minimum atomic E-state index is -1.33. The number of carbonyl (C=O) groups excluding carboxylic acids is 4. The molecule has 0 bridgehead atoms. The first kappa shape index (κ1) is 24.7. The highest BCUT2D eigenvalue weighted by molar-refractivity contribution is 8.03. The Labute approximate surface area is 202 Å². The Morgan fingerprint density at radius 1 is 1.38 bits per heavy atom. The first-order valence-corrected chi connectivity index (χ1v) is 12.2. The Morgan fingerprint density at radius 3 is 2.76 bits per heavy atom. The zero-order valence-electron chi connectivity index (χ0n) is 18.5. The number of hydrogen-bond donors (Lipinski definition) is 3. The third-order valence-corrected chi connectivity index (χ3v) is 8.20. The monoisotopic (exact) mass is 506 g/mol. The van der Waals surface area contributed by atoms with E-state index in [1.165, 1.54) is 34.9 Å². The third-order valence-electron chi connectivity index (χ3n) is 6.48. The molecule has 0 aromatic heterocycles. The topological polar surface area (TPSA) is 148 Å². The molecule has 3 aliphatic rings. The number of rotatable bonds is 7.